The fraction of sp³-hybridized carbons (Fsp3) is 0.211. The molecule has 0 aliphatic rings. The van der Waals surface area contributed by atoms with Gasteiger partial charge in [0.25, 0.3) is 0 Å². The maximum atomic E-state index is 5.76. The Labute approximate surface area is 136 Å². The Bertz CT molecular complexity index is 762. The Morgan fingerprint density at radius 2 is 1.87 bits per heavy atom. The second kappa shape index (κ2) is 7.01. The number of hydrogen-bond donors (Lipinski definition) is 2. The molecular weight excluding hydrogens is 286 g/mol. The van der Waals surface area contributed by atoms with E-state index in [1.807, 2.05) is 54.6 Å². The zero-order chi connectivity index (χ0) is 16.1. The molecule has 0 aliphatic carbocycles. The van der Waals surface area contributed by atoms with E-state index in [2.05, 4.69) is 17.1 Å². The van der Waals surface area contributed by atoms with E-state index in [1.165, 1.54) is 0 Å². The second-order valence-electron chi connectivity index (χ2n) is 5.52. The highest BCUT2D eigenvalue weighted by Crippen LogP contribution is 2.26. The van der Waals surface area contributed by atoms with Gasteiger partial charge in [-0.2, -0.15) is 5.10 Å². The lowest BCUT2D eigenvalue weighted by Gasteiger charge is -2.06. The van der Waals surface area contributed by atoms with E-state index >= 15 is 0 Å². The quantitative estimate of drug-likeness (QED) is 0.520. The predicted octanol–water partition coefficient (Wildman–Crippen LogP) is 4.50. The monoisotopic (exact) mass is 307 g/mol. The zero-order valence-electron chi connectivity index (χ0n) is 13.3. The summed E-state index contributed by atoms with van der Waals surface area (Å²) in [5.74, 6) is 0.882. The molecule has 0 bridgehead atoms. The van der Waals surface area contributed by atoms with Crippen LogP contribution < -0.4 is 10.5 Å². The van der Waals surface area contributed by atoms with Crippen LogP contribution in [-0.4, -0.2) is 16.8 Å². The molecule has 0 unspecified atom stereocenters. The van der Waals surface area contributed by atoms with Gasteiger partial charge in [0.2, 0.25) is 0 Å². The van der Waals surface area contributed by atoms with Crippen molar-refractivity contribution in [1.29, 1.82) is 0 Å². The fourth-order valence-corrected chi connectivity index (χ4v) is 2.36. The van der Waals surface area contributed by atoms with Gasteiger partial charge < -0.3 is 10.5 Å². The Hall–Kier alpha value is -2.75. The van der Waals surface area contributed by atoms with E-state index in [0.717, 1.165) is 53.4 Å². The molecule has 0 saturated carbocycles. The Kier molecular flexibility index (Phi) is 4.62. The van der Waals surface area contributed by atoms with E-state index in [1.54, 1.807) is 0 Å². The number of nitrogens with zero attached hydrogens (tertiary/aromatic N) is 1. The van der Waals surface area contributed by atoms with E-state index in [4.69, 9.17) is 10.5 Å². The van der Waals surface area contributed by atoms with Crippen molar-refractivity contribution in [2.45, 2.75) is 19.8 Å². The third kappa shape index (κ3) is 3.72. The summed E-state index contributed by atoms with van der Waals surface area (Å²) in [5.41, 5.74) is 10.5. The molecule has 0 fully saturated rings. The van der Waals surface area contributed by atoms with Crippen LogP contribution in [0.2, 0.25) is 0 Å². The summed E-state index contributed by atoms with van der Waals surface area (Å²) in [4.78, 5) is 0. The molecule has 0 radical (unpaired) electrons. The number of ether oxygens (including phenoxy) is 1. The molecule has 0 amide bonds. The highest BCUT2D eigenvalue weighted by molar-refractivity contribution is 5.69. The molecular formula is C19H21N3O. The molecule has 0 spiro atoms. The van der Waals surface area contributed by atoms with Crippen molar-refractivity contribution in [1.82, 2.24) is 10.2 Å². The van der Waals surface area contributed by atoms with Gasteiger partial charge in [-0.1, -0.05) is 37.6 Å². The molecule has 3 N–H and O–H groups in total. The molecule has 4 nitrogen and oxygen atoms in total. The molecule has 2 aromatic carbocycles. The molecule has 0 saturated heterocycles. The molecule has 4 heteroatoms. The van der Waals surface area contributed by atoms with Gasteiger partial charge in [0, 0.05) is 11.3 Å². The van der Waals surface area contributed by atoms with Crippen LogP contribution in [0.15, 0.2) is 54.6 Å². The summed E-state index contributed by atoms with van der Waals surface area (Å²) in [6.07, 6.45) is 2.19. The van der Waals surface area contributed by atoms with Crippen LogP contribution in [-0.2, 0) is 0 Å². The van der Waals surface area contributed by atoms with Crippen LogP contribution in [0, 0.1) is 0 Å². The van der Waals surface area contributed by atoms with Crippen LogP contribution >= 0.6 is 0 Å². The average molecular weight is 307 g/mol. The van der Waals surface area contributed by atoms with Gasteiger partial charge in [-0.15, -0.1) is 0 Å². The Balaban J connectivity index is 1.80. The number of hydrogen-bond acceptors (Lipinski definition) is 3. The molecule has 118 valence electrons. The fourth-order valence-electron chi connectivity index (χ4n) is 2.36. The number of nitrogen functional groups attached to an aromatic ring is 1. The first-order valence-corrected chi connectivity index (χ1v) is 7.91. The van der Waals surface area contributed by atoms with Crippen LogP contribution in [0.3, 0.4) is 0 Å². The number of H-pyrrole nitrogens is 1. The lowest BCUT2D eigenvalue weighted by molar-refractivity contribution is 0.309. The number of nitrogens with two attached hydrogens (primary N) is 1. The second-order valence-corrected chi connectivity index (χ2v) is 5.52. The maximum Gasteiger partial charge on any atom is 0.119 e. The van der Waals surface area contributed by atoms with E-state index in [-0.39, 0.29) is 0 Å². The molecule has 23 heavy (non-hydrogen) atoms. The van der Waals surface area contributed by atoms with Gasteiger partial charge in [0.1, 0.15) is 5.75 Å². The van der Waals surface area contributed by atoms with Crippen molar-refractivity contribution < 1.29 is 4.74 Å². The summed E-state index contributed by atoms with van der Waals surface area (Å²) in [6.45, 7) is 2.90. The SMILES string of the molecule is CCCCOc1cccc(-c2cc(-c3ccc(N)cc3)[nH]n2)c1. The van der Waals surface area contributed by atoms with Gasteiger partial charge in [0.15, 0.2) is 0 Å². The van der Waals surface area contributed by atoms with Crippen molar-refractivity contribution >= 4 is 5.69 Å². The Morgan fingerprint density at radius 3 is 2.65 bits per heavy atom. The summed E-state index contributed by atoms with van der Waals surface area (Å²) in [7, 11) is 0. The third-order valence-corrected chi connectivity index (χ3v) is 3.70. The summed E-state index contributed by atoms with van der Waals surface area (Å²) in [5, 5.41) is 7.49. The number of anilines is 1. The summed E-state index contributed by atoms with van der Waals surface area (Å²) < 4.78 is 5.76. The van der Waals surface area contributed by atoms with Crippen LogP contribution in [0.1, 0.15) is 19.8 Å². The topological polar surface area (TPSA) is 63.9 Å². The lowest BCUT2D eigenvalue weighted by atomic mass is 10.1. The standard InChI is InChI=1S/C19H21N3O/c1-2-3-11-23-17-6-4-5-15(12-17)19-13-18(21-22-19)14-7-9-16(20)10-8-14/h4-10,12-13H,2-3,11,20H2,1H3,(H,21,22). The summed E-state index contributed by atoms with van der Waals surface area (Å²) in [6, 6.07) is 17.8. The van der Waals surface area contributed by atoms with Gasteiger partial charge >= 0.3 is 0 Å². The van der Waals surface area contributed by atoms with Crippen LogP contribution in [0.5, 0.6) is 5.75 Å². The number of benzene rings is 2. The normalized spacial score (nSPS) is 10.7. The van der Waals surface area contributed by atoms with Crippen molar-refractivity contribution in [3.63, 3.8) is 0 Å². The zero-order valence-corrected chi connectivity index (χ0v) is 13.3. The smallest absolute Gasteiger partial charge is 0.119 e. The minimum absolute atomic E-state index is 0.747. The van der Waals surface area contributed by atoms with E-state index in [9.17, 15) is 0 Å². The molecule has 0 atom stereocenters. The first-order chi connectivity index (χ1) is 11.3. The number of aromatic nitrogens is 2. The highest BCUT2D eigenvalue weighted by atomic mass is 16.5. The van der Waals surface area contributed by atoms with Crippen molar-refractivity contribution in [2.75, 3.05) is 12.3 Å². The van der Waals surface area contributed by atoms with Gasteiger partial charge in [-0.05, 0) is 42.3 Å². The van der Waals surface area contributed by atoms with E-state index < -0.39 is 0 Å². The summed E-state index contributed by atoms with van der Waals surface area (Å²) >= 11 is 0. The minimum Gasteiger partial charge on any atom is -0.494 e. The predicted molar refractivity (Wildman–Crippen MR) is 94.3 cm³/mol. The highest BCUT2D eigenvalue weighted by Gasteiger charge is 2.07. The molecule has 0 aliphatic heterocycles. The minimum atomic E-state index is 0.747. The van der Waals surface area contributed by atoms with Gasteiger partial charge in [0.05, 0.1) is 18.0 Å². The number of unbranched alkanes of at least 4 members (excludes halogenated alkanes) is 1. The average Bonchev–Trinajstić information content (AvgIpc) is 3.06. The largest absolute Gasteiger partial charge is 0.494 e. The van der Waals surface area contributed by atoms with Crippen molar-refractivity contribution in [2.24, 2.45) is 0 Å². The van der Waals surface area contributed by atoms with Gasteiger partial charge in [-0.25, -0.2) is 0 Å². The number of aromatic amines is 1. The van der Waals surface area contributed by atoms with Crippen molar-refractivity contribution in [3.8, 4) is 28.3 Å². The van der Waals surface area contributed by atoms with Gasteiger partial charge in [-0.3, -0.25) is 5.10 Å². The first kappa shape index (κ1) is 15.2. The number of nitrogens with one attached hydrogen (secondary N) is 1. The first-order valence-electron chi connectivity index (χ1n) is 7.91. The third-order valence-electron chi connectivity index (χ3n) is 3.70. The van der Waals surface area contributed by atoms with Crippen LogP contribution in [0.25, 0.3) is 22.5 Å². The van der Waals surface area contributed by atoms with E-state index in [0.29, 0.717) is 0 Å². The van der Waals surface area contributed by atoms with Crippen LogP contribution in [0.4, 0.5) is 5.69 Å². The number of rotatable bonds is 6. The molecule has 3 aromatic rings. The lowest BCUT2D eigenvalue weighted by Crippen LogP contribution is -1.96. The molecule has 3 rings (SSSR count). The Morgan fingerprint density at radius 1 is 1.04 bits per heavy atom. The van der Waals surface area contributed by atoms with Crippen molar-refractivity contribution in [3.05, 3.63) is 54.6 Å². The maximum absolute atomic E-state index is 5.76. The molecule has 1 heterocycles. The molecule has 1 aromatic heterocycles.